The zero-order valence-corrected chi connectivity index (χ0v) is 39.6. The molecule has 0 spiro atoms. The van der Waals surface area contributed by atoms with E-state index in [1.165, 1.54) is 0 Å². The van der Waals surface area contributed by atoms with Crippen LogP contribution in [-0.2, 0) is 0 Å². The predicted octanol–water partition coefficient (Wildman–Crippen LogP) is 18.3. The average Bonchev–Trinajstić information content (AvgIpc) is 3.45. The fourth-order valence-corrected chi connectivity index (χ4v) is 10.5. The summed E-state index contributed by atoms with van der Waals surface area (Å²) in [5.74, 6) is 0. The first-order valence-electron chi connectivity index (χ1n) is 24.4. The van der Waals surface area contributed by atoms with Crippen LogP contribution in [-0.4, -0.2) is 0 Å². The molecule has 6 N–H and O–H groups in total. The smallest absolute Gasteiger partial charge is 0.0641 e. The molecule has 0 heterocycles. The fraction of sp³-hybridized carbons (Fsp3) is 0. The van der Waals surface area contributed by atoms with Crippen molar-refractivity contribution in [3.05, 3.63) is 267 Å². The van der Waals surface area contributed by atoms with Crippen LogP contribution in [0.15, 0.2) is 267 Å². The molecular weight excluding hydrogens is 873 g/mol. The summed E-state index contributed by atoms with van der Waals surface area (Å²) in [6, 6.07) is 94.1. The molecule has 0 radical (unpaired) electrons. The van der Waals surface area contributed by atoms with E-state index in [-0.39, 0.29) is 0 Å². The minimum atomic E-state index is 0.481. The number of nitrogens with two attached hydrogens (primary N) is 2. The number of benzene rings is 12. The molecule has 4 nitrogen and oxygen atoms in total. The lowest BCUT2D eigenvalue weighted by Gasteiger charge is -2.29. The second kappa shape index (κ2) is 19.0. The Kier molecular flexibility index (Phi) is 11.5. The van der Waals surface area contributed by atoms with Gasteiger partial charge in [-0.2, -0.15) is 0 Å². The van der Waals surface area contributed by atoms with Gasteiger partial charge in [0.25, 0.3) is 0 Å². The van der Waals surface area contributed by atoms with Crippen molar-refractivity contribution in [3.8, 4) is 77.9 Å². The van der Waals surface area contributed by atoms with Crippen molar-refractivity contribution in [1.29, 1.82) is 0 Å². The van der Waals surface area contributed by atoms with Gasteiger partial charge in [-0.05, 0) is 56.3 Å². The van der Waals surface area contributed by atoms with Gasteiger partial charge < -0.3 is 22.1 Å². The first-order chi connectivity index (χ1) is 35.6. The summed E-state index contributed by atoms with van der Waals surface area (Å²) in [7, 11) is 0. The molecule has 0 atom stereocenters. The zero-order chi connectivity index (χ0) is 48.4. The Morgan fingerprint density at radius 2 is 0.542 bits per heavy atom. The van der Waals surface area contributed by atoms with E-state index < -0.39 is 0 Å². The molecule has 0 amide bonds. The molecule has 0 fully saturated rings. The summed E-state index contributed by atoms with van der Waals surface area (Å²) in [6.07, 6.45) is 0. The predicted molar refractivity (Wildman–Crippen MR) is 308 cm³/mol. The number of nitrogen functional groups attached to an aromatic ring is 2. The molecule has 342 valence electrons. The maximum atomic E-state index is 7.92. The maximum Gasteiger partial charge on any atom is 0.0641 e. The van der Waals surface area contributed by atoms with E-state index in [0.29, 0.717) is 11.4 Å². The van der Waals surface area contributed by atoms with E-state index in [1.54, 1.807) is 0 Å². The highest BCUT2D eigenvalue weighted by atomic mass is 14.9. The number of rotatable bonds is 11. The minimum Gasteiger partial charge on any atom is -0.397 e. The molecule has 0 saturated heterocycles. The second-order valence-electron chi connectivity index (χ2n) is 18.1. The van der Waals surface area contributed by atoms with Gasteiger partial charge in [0.2, 0.25) is 0 Å². The number of anilines is 6. The van der Waals surface area contributed by atoms with Crippen molar-refractivity contribution in [2.75, 3.05) is 22.1 Å². The van der Waals surface area contributed by atoms with Gasteiger partial charge in [-0.15, -0.1) is 0 Å². The van der Waals surface area contributed by atoms with Crippen molar-refractivity contribution in [2.45, 2.75) is 0 Å². The van der Waals surface area contributed by atoms with E-state index in [9.17, 15) is 0 Å². The molecule has 4 heteroatoms. The molecule has 12 aromatic carbocycles. The van der Waals surface area contributed by atoms with Gasteiger partial charge in [-0.25, -0.2) is 0 Å². The van der Waals surface area contributed by atoms with E-state index in [0.717, 1.165) is 122 Å². The van der Waals surface area contributed by atoms with Gasteiger partial charge in [0.15, 0.2) is 0 Å². The van der Waals surface area contributed by atoms with E-state index in [2.05, 4.69) is 278 Å². The van der Waals surface area contributed by atoms with Crippen LogP contribution >= 0.6 is 0 Å². The highest BCUT2D eigenvalue weighted by Gasteiger charge is 2.30. The Hall–Kier alpha value is -9.64. The molecule has 0 aliphatic carbocycles. The molecule has 0 bridgehead atoms. The first kappa shape index (κ1) is 43.6. The van der Waals surface area contributed by atoms with E-state index in [1.807, 2.05) is 0 Å². The van der Waals surface area contributed by atoms with Gasteiger partial charge in [-0.1, -0.05) is 255 Å². The van der Waals surface area contributed by atoms with Crippen LogP contribution in [0.4, 0.5) is 34.1 Å². The topological polar surface area (TPSA) is 76.1 Å². The molecule has 0 aliphatic rings. The number of fused-ring (bicyclic) bond motifs is 2. The third-order valence-corrected chi connectivity index (χ3v) is 13.9. The molecule has 0 unspecified atom stereocenters. The standard InChI is InChI=1S/C68H50N4/c69-65-63(56-38-18-17-35-51(56)45-23-5-1-6-24-45)61(50-31-11-4-12-32-50)62(57-41-21-39-54(48-25-7-2-8-26-48)67(57)71-59-43-19-33-46-29-13-15-36-52(46)59)64(66(65)70)58-42-22-40-55(49-27-9-3-10-28-49)68(58)72-60-44-20-34-47-30-14-16-37-53(47)60/h1-44,71-72H,69-70H2. The Bertz CT molecular complexity index is 3910. The van der Waals surface area contributed by atoms with Crippen molar-refractivity contribution >= 4 is 55.7 Å². The van der Waals surface area contributed by atoms with Crippen molar-refractivity contribution in [2.24, 2.45) is 0 Å². The van der Waals surface area contributed by atoms with Crippen LogP contribution in [0, 0.1) is 0 Å². The maximum absolute atomic E-state index is 7.92. The van der Waals surface area contributed by atoms with Crippen LogP contribution < -0.4 is 22.1 Å². The minimum absolute atomic E-state index is 0.481. The van der Waals surface area contributed by atoms with Gasteiger partial charge in [-0.3, -0.25) is 0 Å². The largest absolute Gasteiger partial charge is 0.397 e. The first-order valence-corrected chi connectivity index (χ1v) is 24.4. The highest BCUT2D eigenvalue weighted by Crippen LogP contribution is 2.57. The van der Waals surface area contributed by atoms with E-state index >= 15 is 0 Å². The lowest BCUT2D eigenvalue weighted by molar-refractivity contribution is 1.49. The summed E-state index contributed by atoms with van der Waals surface area (Å²) in [6.45, 7) is 0. The molecule has 12 rings (SSSR count). The summed E-state index contributed by atoms with van der Waals surface area (Å²) in [5, 5.41) is 12.6. The van der Waals surface area contributed by atoms with E-state index in [4.69, 9.17) is 11.5 Å². The monoisotopic (exact) mass is 922 g/mol. The van der Waals surface area contributed by atoms with Crippen LogP contribution in [0.25, 0.3) is 99.4 Å². The molecule has 12 aromatic rings. The number of para-hydroxylation sites is 2. The second-order valence-corrected chi connectivity index (χ2v) is 18.1. The number of nitrogens with one attached hydrogen (secondary N) is 2. The Labute approximate surface area is 420 Å². The Morgan fingerprint density at radius 3 is 1.03 bits per heavy atom. The van der Waals surface area contributed by atoms with Crippen molar-refractivity contribution < 1.29 is 0 Å². The van der Waals surface area contributed by atoms with Gasteiger partial charge in [0.05, 0.1) is 22.7 Å². The van der Waals surface area contributed by atoms with Gasteiger partial charge in [0.1, 0.15) is 0 Å². The SMILES string of the molecule is Nc1c(N)c(-c2cccc(-c3ccccc3)c2Nc2cccc3ccccc23)c(-c2cccc(-c3ccccc3)c2Nc2cccc3ccccc23)c(-c2ccccc2)c1-c1ccccc1-c1ccccc1. The number of hydrogen-bond acceptors (Lipinski definition) is 4. The van der Waals surface area contributed by atoms with Crippen LogP contribution in [0.3, 0.4) is 0 Å². The Morgan fingerprint density at radius 1 is 0.222 bits per heavy atom. The zero-order valence-electron chi connectivity index (χ0n) is 39.6. The normalized spacial score (nSPS) is 11.2. The highest BCUT2D eigenvalue weighted by molar-refractivity contribution is 6.18. The average molecular weight is 923 g/mol. The van der Waals surface area contributed by atoms with Crippen LogP contribution in [0.5, 0.6) is 0 Å². The van der Waals surface area contributed by atoms with Gasteiger partial charge >= 0.3 is 0 Å². The summed E-state index contributed by atoms with van der Waals surface area (Å²) in [5.41, 5.74) is 34.3. The molecule has 0 aromatic heterocycles. The summed E-state index contributed by atoms with van der Waals surface area (Å²) < 4.78 is 0. The lowest BCUT2D eigenvalue weighted by Crippen LogP contribution is -2.08. The Balaban J connectivity index is 1.26. The molecule has 0 aliphatic heterocycles. The third-order valence-electron chi connectivity index (χ3n) is 13.9. The van der Waals surface area contributed by atoms with Crippen molar-refractivity contribution in [1.82, 2.24) is 0 Å². The molecular formula is C68H50N4. The van der Waals surface area contributed by atoms with Crippen LogP contribution in [0.1, 0.15) is 0 Å². The van der Waals surface area contributed by atoms with Crippen molar-refractivity contribution in [3.63, 3.8) is 0 Å². The van der Waals surface area contributed by atoms with Crippen LogP contribution in [0.2, 0.25) is 0 Å². The van der Waals surface area contributed by atoms with Gasteiger partial charge in [0, 0.05) is 66.7 Å². The third kappa shape index (κ3) is 7.97. The summed E-state index contributed by atoms with van der Waals surface area (Å²) >= 11 is 0. The number of hydrogen-bond donors (Lipinski definition) is 4. The lowest BCUT2D eigenvalue weighted by atomic mass is 9.78. The quantitative estimate of drug-likeness (QED) is 0.0975. The summed E-state index contributed by atoms with van der Waals surface area (Å²) in [4.78, 5) is 0. The molecule has 0 saturated carbocycles. The fourth-order valence-electron chi connectivity index (χ4n) is 10.5. The molecule has 72 heavy (non-hydrogen) atoms.